The van der Waals surface area contributed by atoms with Gasteiger partial charge in [0.05, 0.1) is 0 Å². The van der Waals surface area contributed by atoms with Crippen LogP contribution in [0.3, 0.4) is 0 Å². The summed E-state index contributed by atoms with van der Waals surface area (Å²) in [6, 6.07) is 8.99. The molecular weight excluding hydrogens is 409 g/mol. The van der Waals surface area contributed by atoms with Gasteiger partial charge in [-0.2, -0.15) is 0 Å². The molecule has 1 amide bonds. The lowest BCUT2D eigenvalue weighted by Crippen LogP contribution is -2.53. The van der Waals surface area contributed by atoms with Gasteiger partial charge in [0.15, 0.2) is 0 Å². The van der Waals surface area contributed by atoms with Crippen molar-refractivity contribution in [1.29, 1.82) is 0 Å². The third-order valence-corrected chi connectivity index (χ3v) is 5.94. The lowest BCUT2D eigenvalue weighted by Gasteiger charge is -2.29. The van der Waals surface area contributed by atoms with Gasteiger partial charge in [-0.05, 0) is 51.5 Å². The zero-order valence-electron chi connectivity index (χ0n) is 17.2. The van der Waals surface area contributed by atoms with Crippen LogP contribution < -0.4 is 15.4 Å². The number of carboxylic acids is 1. The Hall–Kier alpha value is -2.24. The van der Waals surface area contributed by atoms with Gasteiger partial charge in [-0.1, -0.05) is 25.5 Å². The number of nitrogens with one attached hydrogen (secondary N) is 1. The first-order valence-corrected chi connectivity index (χ1v) is 10.4. The van der Waals surface area contributed by atoms with E-state index in [-0.39, 0.29) is 5.91 Å². The molecule has 0 spiro atoms. The van der Waals surface area contributed by atoms with Crippen LogP contribution in [-0.4, -0.2) is 28.5 Å². The molecule has 0 radical (unpaired) electrons. The number of hydrogen-bond donors (Lipinski definition) is 2. The van der Waals surface area contributed by atoms with Gasteiger partial charge in [-0.25, -0.2) is 9.59 Å². The Morgan fingerprint density at radius 3 is 2.38 bits per heavy atom. The Morgan fingerprint density at radius 2 is 1.79 bits per heavy atom. The molecule has 8 heteroatoms. The van der Waals surface area contributed by atoms with E-state index in [4.69, 9.17) is 4.74 Å². The Labute approximate surface area is 176 Å². The predicted molar refractivity (Wildman–Crippen MR) is 117 cm³/mol. The molecule has 0 saturated heterocycles. The smallest absolute Gasteiger partial charge is 0.353 e. The maximum absolute atomic E-state index is 12.6. The molecule has 156 valence electrons. The number of benzene rings is 1. The molecule has 0 bridgehead atoms. The van der Waals surface area contributed by atoms with E-state index < -0.39 is 22.9 Å². The van der Waals surface area contributed by atoms with Crippen LogP contribution in [0.5, 0.6) is 5.75 Å². The molecule has 1 unspecified atom stereocenters. The Morgan fingerprint density at radius 1 is 1.14 bits per heavy atom. The number of hydrogen-bond acceptors (Lipinski definition) is 5. The van der Waals surface area contributed by atoms with Gasteiger partial charge >= 0.3 is 11.9 Å². The summed E-state index contributed by atoms with van der Waals surface area (Å²) in [7, 11) is 2.55. The lowest BCUT2D eigenvalue weighted by atomic mass is 9.86. The molecule has 0 aliphatic rings. The van der Waals surface area contributed by atoms with Gasteiger partial charge in [0, 0.05) is 15.6 Å². The van der Waals surface area contributed by atoms with E-state index >= 15 is 0 Å². The second kappa shape index (κ2) is 8.64. The monoisotopic (exact) mass is 435 g/mol. The number of carboxylic acid groups (broad SMARTS) is 1. The van der Waals surface area contributed by atoms with E-state index in [9.17, 15) is 19.5 Å². The number of esters is 1. The fourth-order valence-electron chi connectivity index (χ4n) is 2.52. The number of thiophene rings is 1. The van der Waals surface area contributed by atoms with Crippen molar-refractivity contribution in [2.75, 3.05) is 0 Å². The largest absolute Gasteiger partial charge is 0.480 e. The highest BCUT2D eigenvalue weighted by Gasteiger charge is 2.36. The third kappa shape index (κ3) is 5.87. The molecule has 1 atom stereocenters. The summed E-state index contributed by atoms with van der Waals surface area (Å²) in [5.41, 5.74) is -1.13. The number of carbonyl (C=O) groups excluding carboxylic acids is 2. The van der Waals surface area contributed by atoms with Gasteiger partial charge in [-0.15, -0.1) is 20.6 Å². The first-order valence-electron chi connectivity index (χ1n) is 9.05. The first kappa shape index (κ1) is 23.0. The van der Waals surface area contributed by atoms with Gasteiger partial charge < -0.3 is 15.2 Å². The molecule has 1 aromatic carbocycles. The molecule has 29 heavy (non-hydrogen) atoms. The van der Waals surface area contributed by atoms with Gasteiger partial charge in [-0.3, -0.25) is 4.79 Å². The van der Waals surface area contributed by atoms with E-state index in [1.165, 1.54) is 25.2 Å². The van der Waals surface area contributed by atoms with Crippen LogP contribution in [0.4, 0.5) is 0 Å². The third-order valence-electron chi connectivity index (χ3n) is 4.42. The number of rotatable bonds is 7. The fraction of sp³-hybridized carbons (Fsp3) is 0.381. The summed E-state index contributed by atoms with van der Waals surface area (Å²) in [4.78, 5) is 37.6. The minimum absolute atomic E-state index is 0.366. The van der Waals surface area contributed by atoms with Gasteiger partial charge in [0.1, 0.15) is 16.2 Å². The van der Waals surface area contributed by atoms with E-state index in [1.807, 2.05) is 19.1 Å². The van der Waals surface area contributed by atoms with Crippen LogP contribution in [0.2, 0.25) is 0 Å². The highest BCUT2D eigenvalue weighted by molar-refractivity contribution is 7.27. The van der Waals surface area contributed by atoms with Crippen molar-refractivity contribution in [3.05, 3.63) is 45.6 Å². The predicted octanol–water partition coefficient (Wildman–Crippen LogP) is 3.32. The maximum atomic E-state index is 12.6. The van der Waals surface area contributed by atoms with Crippen molar-refractivity contribution >= 4 is 43.7 Å². The van der Waals surface area contributed by atoms with Gasteiger partial charge in [0.2, 0.25) is 5.91 Å². The summed E-state index contributed by atoms with van der Waals surface area (Å²) in [6.07, 6.45) is 0.367. The van der Waals surface area contributed by atoms with E-state index in [2.05, 4.69) is 14.6 Å². The quantitative estimate of drug-likeness (QED) is 0.395. The zero-order chi connectivity index (χ0) is 22.0. The average molecular weight is 435 g/mol. The summed E-state index contributed by atoms with van der Waals surface area (Å²) >= 11 is 1.26. The molecule has 2 N–H and O–H groups in total. The van der Waals surface area contributed by atoms with Crippen LogP contribution in [0.1, 0.15) is 47.8 Å². The second-order valence-corrected chi connectivity index (χ2v) is 9.93. The van der Waals surface area contributed by atoms with Crippen LogP contribution in [0, 0.1) is 12.3 Å². The molecule has 0 aliphatic carbocycles. The summed E-state index contributed by atoms with van der Waals surface area (Å²) in [5.74, 6) is -1.44. The van der Waals surface area contributed by atoms with Crippen molar-refractivity contribution in [1.82, 2.24) is 5.32 Å². The number of carbonyl (C=O) groups is 3. The van der Waals surface area contributed by atoms with Gasteiger partial charge in [0.25, 0.3) is 0 Å². The van der Waals surface area contributed by atoms with Crippen molar-refractivity contribution in [3.8, 4) is 5.75 Å². The molecule has 2 rings (SSSR count). The van der Waals surface area contributed by atoms with E-state index in [1.54, 1.807) is 32.0 Å². The second-order valence-electron chi connectivity index (χ2n) is 8.14. The Kier molecular flexibility index (Phi) is 6.86. The molecule has 6 nitrogen and oxygen atoms in total. The number of ether oxygens (including phenoxy) is 1. The SMILES string of the molecule is Cc1ccc(OC(=O)c2ccc(CC(C)(C)C(=O)NC(C)(C)C(=O)O)s2)c(P)c1. The summed E-state index contributed by atoms with van der Waals surface area (Å²) < 4.78 is 5.48. The molecule has 1 heterocycles. The minimum atomic E-state index is -1.36. The van der Waals surface area contributed by atoms with Crippen LogP contribution >= 0.6 is 20.6 Å². The highest BCUT2D eigenvalue weighted by atomic mass is 32.1. The molecule has 0 fully saturated rings. The molecule has 0 aliphatic heterocycles. The number of aliphatic carboxylic acids is 1. The fourth-order valence-corrected chi connectivity index (χ4v) is 4.05. The molecule has 1 aromatic heterocycles. The standard InChI is InChI=1S/C21H26NO5PS/c1-12-6-8-14(15(28)10-12)27-17(23)16-9-7-13(29-16)11-20(2,3)18(24)22-21(4,5)19(25)26/h6-10H,11,28H2,1-5H3,(H,22,24)(H,25,26). The van der Waals surface area contributed by atoms with Crippen LogP contribution in [0.25, 0.3) is 0 Å². The molecule has 0 saturated carbocycles. The summed E-state index contributed by atoms with van der Waals surface area (Å²) in [5, 5.41) is 12.6. The topological polar surface area (TPSA) is 92.7 Å². The van der Waals surface area contributed by atoms with Crippen molar-refractivity contribution < 1.29 is 24.2 Å². The zero-order valence-corrected chi connectivity index (χ0v) is 19.1. The van der Waals surface area contributed by atoms with Crippen molar-refractivity contribution in [3.63, 3.8) is 0 Å². The minimum Gasteiger partial charge on any atom is -0.480 e. The molecule has 2 aromatic rings. The van der Waals surface area contributed by atoms with E-state index in [0.717, 1.165) is 15.7 Å². The lowest BCUT2D eigenvalue weighted by molar-refractivity contribution is -0.147. The number of amides is 1. The number of aryl methyl sites for hydroxylation is 1. The highest BCUT2D eigenvalue weighted by Crippen LogP contribution is 2.28. The first-order chi connectivity index (χ1) is 13.3. The average Bonchev–Trinajstić information content (AvgIpc) is 3.04. The Bertz CT molecular complexity index is 948. The van der Waals surface area contributed by atoms with E-state index in [0.29, 0.717) is 17.0 Å². The van der Waals surface area contributed by atoms with Crippen LogP contribution in [-0.2, 0) is 16.0 Å². The normalized spacial score (nSPS) is 11.8. The van der Waals surface area contributed by atoms with Crippen LogP contribution in [0.15, 0.2) is 30.3 Å². The van der Waals surface area contributed by atoms with Crippen molar-refractivity contribution in [2.24, 2.45) is 5.41 Å². The Balaban J connectivity index is 2.07. The maximum Gasteiger partial charge on any atom is 0.353 e. The summed E-state index contributed by atoms with van der Waals surface area (Å²) in [6.45, 7) is 8.32. The van der Waals surface area contributed by atoms with Crippen molar-refractivity contribution in [2.45, 2.75) is 46.6 Å². The molecular formula is C21H26NO5PS.